The fourth-order valence-electron chi connectivity index (χ4n) is 3.82. The topological polar surface area (TPSA) is 132 Å². The van der Waals surface area contributed by atoms with Crippen LogP contribution in [0, 0.1) is 17.6 Å². The van der Waals surface area contributed by atoms with Crippen LogP contribution in [-0.4, -0.2) is 43.0 Å². The molecule has 13 heteroatoms. The number of methoxy groups -OCH3 is 1. The molecule has 0 aliphatic rings. The van der Waals surface area contributed by atoms with Crippen molar-refractivity contribution in [3.8, 4) is 17.0 Å². The zero-order valence-corrected chi connectivity index (χ0v) is 21.3. The van der Waals surface area contributed by atoms with E-state index >= 15 is 0 Å². The summed E-state index contributed by atoms with van der Waals surface area (Å²) < 4.78 is 62.1. The number of carbonyl (C=O) groups is 1. The van der Waals surface area contributed by atoms with Crippen LogP contribution >= 0.6 is 0 Å². The monoisotopic (exact) mass is 543 g/mol. The number of nitrogens with one attached hydrogen (secondary N) is 2. The van der Waals surface area contributed by atoms with Gasteiger partial charge in [-0.1, -0.05) is 13.0 Å². The van der Waals surface area contributed by atoms with Crippen molar-refractivity contribution in [1.29, 1.82) is 0 Å². The highest BCUT2D eigenvalue weighted by atomic mass is 32.2. The largest absolute Gasteiger partial charge is 0.480 e. The second-order valence-electron chi connectivity index (χ2n) is 8.41. The summed E-state index contributed by atoms with van der Waals surface area (Å²) in [4.78, 5) is 32.5. The van der Waals surface area contributed by atoms with E-state index in [2.05, 4.69) is 20.0 Å². The number of fused-ring (bicyclic) bond motifs is 1. The zero-order chi connectivity index (χ0) is 27.6. The van der Waals surface area contributed by atoms with Gasteiger partial charge in [0.25, 0.3) is 15.6 Å². The van der Waals surface area contributed by atoms with E-state index in [1.165, 1.54) is 37.3 Å². The molecule has 1 atom stereocenters. The second kappa shape index (κ2) is 10.5. The fourth-order valence-corrected chi connectivity index (χ4v) is 4.96. The molecule has 0 aliphatic carbocycles. The Morgan fingerprint density at radius 1 is 1.11 bits per heavy atom. The molecule has 10 nitrogen and oxygen atoms in total. The summed E-state index contributed by atoms with van der Waals surface area (Å²) in [5.74, 6) is -2.86. The quantitative estimate of drug-likeness (QED) is 0.349. The van der Waals surface area contributed by atoms with E-state index in [9.17, 15) is 26.8 Å². The molecule has 198 valence electrons. The van der Waals surface area contributed by atoms with Gasteiger partial charge in [0.1, 0.15) is 22.2 Å². The molecule has 0 bridgehead atoms. The van der Waals surface area contributed by atoms with E-state index in [0.29, 0.717) is 28.8 Å². The number of amides is 1. The first kappa shape index (κ1) is 26.7. The lowest BCUT2D eigenvalue weighted by Gasteiger charge is -2.14. The highest BCUT2D eigenvalue weighted by molar-refractivity contribution is 7.92. The van der Waals surface area contributed by atoms with Gasteiger partial charge < -0.3 is 10.1 Å². The van der Waals surface area contributed by atoms with Crippen LogP contribution in [0.3, 0.4) is 0 Å². The van der Waals surface area contributed by atoms with Gasteiger partial charge in [0.05, 0.1) is 30.3 Å². The third kappa shape index (κ3) is 5.32. The molecule has 0 radical (unpaired) electrons. The third-order valence-corrected chi connectivity index (χ3v) is 7.17. The zero-order valence-electron chi connectivity index (χ0n) is 20.5. The number of carbonyl (C=O) groups excluding carboxylic acids is 1. The number of sulfonamides is 1. The molecular weight excluding hydrogens is 520 g/mol. The Kier molecular flexibility index (Phi) is 7.39. The maximum atomic E-state index is 14.2. The van der Waals surface area contributed by atoms with Crippen LogP contribution in [0.2, 0.25) is 0 Å². The molecule has 38 heavy (non-hydrogen) atoms. The van der Waals surface area contributed by atoms with E-state index in [1.54, 1.807) is 25.1 Å². The van der Waals surface area contributed by atoms with Gasteiger partial charge in [-0.2, -0.15) is 0 Å². The highest BCUT2D eigenvalue weighted by Gasteiger charge is 2.23. The van der Waals surface area contributed by atoms with Crippen LogP contribution in [0.15, 0.2) is 64.7 Å². The summed E-state index contributed by atoms with van der Waals surface area (Å²) in [5, 5.41) is 2.81. The minimum atomic E-state index is -4.55. The summed E-state index contributed by atoms with van der Waals surface area (Å²) in [6.45, 7) is 1.81. The van der Waals surface area contributed by atoms with E-state index in [-0.39, 0.29) is 35.0 Å². The number of rotatable bonds is 8. The number of halogens is 2. The van der Waals surface area contributed by atoms with E-state index in [4.69, 9.17) is 4.74 Å². The highest BCUT2D eigenvalue weighted by Crippen LogP contribution is 2.31. The van der Waals surface area contributed by atoms with Gasteiger partial charge in [0.15, 0.2) is 0 Å². The minimum absolute atomic E-state index is 0.109. The van der Waals surface area contributed by atoms with Crippen LogP contribution in [0.25, 0.3) is 22.0 Å². The molecule has 1 amide bonds. The van der Waals surface area contributed by atoms with Crippen molar-refractivity contribution in [2.24, 2.45) is 5.92 Å². The van der Waals surface area contributed by atoms with Crippen LogP contribution in [-0.2, 0) is 21.4 Å². The van der Waals surface area contributed by atoms with Gasteiger partial charge in [-0.25, -0.2) is 27.2 Å². The Morgan fingerprint density at radius 3 is 2.58 bits per heavy atom. The lowest BCUT2D eigenvalue weighted by Crippen LogP contribution is -2.32. The standard InChI is InChI=1S/C25H23F2N5O5S/c1-14(23(33)28-2)12-32-13-30-20-7-4-15(8-18(20)25(32)34)16-9-21(24(37-3)29-11-16)31-38(35,36)22-10-17(26)5-6-19(22)27/h4-11,13-14,31H,12H2,1-3H3,(H,28,33)/t14-/m1/s1. The molecule has 2 aromatic heterocycles. The first-order chi connectivity index (χ1) is 18.0. The van der Waals surface area contributed by atoms with Crippen LogP contribution < -0.4 is 20.3 Å². The molecule has 0 aliphatic heterocycles. The van der Waals surface area contributed by atoms with Gasteiger partial charge in [0, 0.05) is 25.4 Å². The number of benzene rings is 2. The first-order valence-corrected chi connectivity index (χ1v) is 12.8. The summed E-state index contributed by atoms with van der Waals surface area (Å²) >= 11 is 0. The van der Waals surface area contributed by atoms with E-state index in [1.807, 2.05) is 0 Å². The number of pyridine rings is 1. The fraction of sp³-hybridized carbons (Fsp3) is 0.200. The molecule has 0 spiro atoms. The third-order valence-electron chi connectivity index (χ3n) is 5.79. The maximum Gasteiger partial charge on any atom is 0.265 e. The van der Waals surface area contributed by atoms with Crippen LogP contribution in [0.1, 0.15) is 6.92 Å². The predicted octanol–water partition coefficient (Wildman–Crippen LogP) is 2.93. The van der Waals surface area contributed by atoms with Crippen molar-refractivity contribution in [1.82, 2.24) is 19.9 Å². The number of anilines is 1. The summed E-state index contributed by atoms with van der Waals surface area (Å²) in [5.41, 5.74) is 0.833. The number of aromatic nitrogens is 3. The lowest BCUT2D eigenvalue weighted by molar-refractivity contribution is -0.124. The van der Waals surface area contributed by atoms with E-state index in [0.717, 1.165) is 6.07 Å². The Labute approximate surface area is 216 Å². The van der Waals surface area contributed by atoms with Gasteiger partial charge in [-0.05, 0) is 42.0 Å². The maximum absolute atomic E-state index is 14.2. The summed E-state index contributed by atoms with van der Waals surface area (Å²) in [6.07, 6.45) is 2.78. The summed E-state index contributed by atoms with van der Waals surface area (Å²) in [6, 6.07) is 8.33. The molecule has 2 aromatic carbocycles. The number of hydrogen-bond donors (Lipinski definition) is 2. The predicted molar refractivity (Wildman–Crippen MR) is 136 cm³/mol. The smallest absolute Gasteiger partial charge is 0.265 e. The molecule has 0 fully saturated rings. The van der Waals surface area contributed by atoms with Crippen molar-refractivity contribution in [3.63, 3.8) is 0 Å². The van der Waals surface area contributed by atoms with Crippen molar-refractivity contribution >= 4 is 32.5 Å². The van der Waals surface area contributed by atoms with Gasteiger partial charge >= 0.3 is 0 Å². The van der Waals surface area contributed by atoms with Crippen LogP contribution in [0.4, 0.5) is 14.5 Å². The van der Waals surface area contributed by atoms with Crippen molar-refractivity contribution in [3.05, 3.63) is 77.0 Å². The molecule has 4 rings (SSSR count). The average molecular weight is 544 g/mol. The molecule has 0 unspecified atom stereocenters. The Bertz CT molecular complexity index is 1710. The molecule has 0 saturated heterocycles. The van der Waals surface area contributed by atoms with Crippen molar-refractivity contribution in [2.45, 2.75) is 18.4 Å². The summed E-state index contributed by atoms with van der Waals surface area (Å²) in [7, 11) is -1.76. The van der Waals surface area contributed by atoms with Crippen molar-refractivity contribution < 1.29 is 26.7 Å². The molecule has 0 saturated carbocycles. The van der Waals surface area contributed by atoms with Gasteiger partial charge in [0.2, 0.25) is 11.8 Å². The molecule has 4 aromatic rings. The number of nitrogens with zero attached hydrogens (tertiary/aromatic N) is 3. The molecule has 2 N–H and O–H groups in total. The van der Waals surface area contributed by atoms with Gasteiger partial charge in [-0.15, -0.1) is 0 Å². The average Bonchev–Trinajstić information content (AvgIpc) is 2.90. The Hall–Kier alpha value is -4.39. The first-order valence-electron chi connectivity index (χ1n) is 11.3. The number of hydrogen-bond acceptors (Lipinski definition) is 7. The minimum Gasteiger partial charge on any atom is -0.480 e. The lowest BCUT2D eigenvalue weighted by atomic mass is 10.0. The SMILES string of the molecule is CNC(=O)[C@H](C)Cn1cnc2ccc(-c3cnc(OC)c(NS(=O)(=O)c4cc(F)ccc4F)c3)cc2c1=O. The Balaban J connectivity index is 1.74. The molecular formula is C25H23F2N5O5S. The van der Waals surface area contributed by atoms with E-state index < -0.39 is 32.5 Å². The second-order valence-corrected chi connectivity index (χ2v) is 10.1. The Morgan fingerprint density at radius 2 is 1.87 bits per heavy atom. The normalized spacial score (nSPS) is 12.2. The van der Waals surface area contributed by atoms with Crippen LogP contribution in [0.5, 0.6) is 5.88 Å². The number of ether oxygens (including phenoxy) is 1. The molecule has 2 heterocycles. The van der Waals surface area contributed by atoms with Crippen molar-refractivity contribution in [2.75, 3.05) is 18.9 Å². The van der Waals surface area contributed by atoms with Gasteiger partial charge in [-0.3, -0.25) is 18.9 Å².